The fraction of sp³-hybridized carbons (Fsp3) is 1.00. The van der Waals surface area contributed by atoms with Crippen LogP contribution in [0.25, 0.3) is 0 Å². The molecule has 5 heteroatoms. The van der Waals surface area contributed by atoms with Crippen molar-refractivity contribution in [3.8, 4) is 0 Å². The van der Waals surface area contributed by atoms with Crippen molar-refractivity contribution < 1.29 is 8.42 Å². The summed E-state index contributed by atoms with van der Waals surface area (Å²) in [5, 5.41) is 1.78. The van der Waals surface area contributed by atoms with E-state index in [-0.39, 0.29) is 5.41 Å². The Kier molecular flexibility index (Phi) is 5.12. The number of hydrogen-bond acceptors (Lipinski definition) is 2. The van der Waals surface area contributed by atoms with E-state index < -0.39 is 9.84 Å². The maximum absolute atomic E-state index is 11.5. The molecule has 0 aliphatic carbocycles. The highest BCUT2D eigenvalue weighted by Gasteiger charge is 2.42. The molecule has 1 atom stereocenters. The Morgan fingerprint density at radius 1 is 1.33 bits per heavy atom. The van der Waals surface area contributed by atoms with Gasteiger partial charge in [0.15, 0.2) is 9.84 Å². The average molecular weight is 362 g/mol. The smallest absolute Gasteiger partial charge is 0.150 e. The minimum Gasteiger partial charge on any atom is -0.229 e. The van der Waals surface area contributed by atoms with Crippen LogP contribution in [0.4, 0.5) is 0 Å². The Labute approximate surface area is 109 Å². The summed E-state index contributed by atoms with van der Waals surface area (Å²) in [6, 6.07) is 0. The molecular weight excluding hydrogens is 344 g/mol. The molecule has 0 saturated carbocycles. The average Bonchev–Trinajstić information content (AvgIpc) is 2.56. The van der Waals surface area contributed by atoms with E-state index in [0.29, 0.717) is 17.4 Å². The standard InChI is InChI=1S/C10H18Br2O2S/c1-2-4-10(7-11,8-12)9-3-5-15(13,14)6-9/h9H,2-8H2,1H3. The van der Waals surface area contributed by atoms with E-state index in [1.54, 1.807) is 0 Å². The lowest BCUT2D eigenvalue weighted by Crippen LogP contribution is -2.35. The van der Waals surface area contributed by atoms with Crippen molar-refractivity contribution in [1.29, 1.82) is 0 Å². The summed E-state index contributed by atoms with van der Waals surface area (Å²) in [7, 11) is -2.76. The zero-order chi connectivity index (χ0) is 11.5. The third-order valence-electron chi connectivity index (χ3n) is 3.38. The molecule has 1 aliphatic rings. The lowest BCUT2D eigenvalue weighted by molar-refractivity contribution is 0.233. The van der Waals surface area contributed by atoms with Crippen molar-refractivity contribution in [2.24, 2.45) is 11.3 Å². The number of rotatable bonds is 5. The van der Waals surface area contributed by atoms with Crippen LogP contribution in [-0.2, 0) is 9.84 Å². The summed E-state index contributed by atoms with van der Waals surface area (Å²) in [6.07, 6.45) is 3.02. The first kappa shape index (κ1) is 14.0. The Balaban J connectivity index is 2.81. The lowest BCUT2D eigenvalue weighted by Gasteiger charge is -2.35. The van der Waals surface area contributed by atoms with Crippen molar-refractivity contribution in [2.45, 2.75) is 26.2 Å². The van der Waals surface area contributed by atoms with Gasteiger partial charge in [0.05, 0.1) is 11.5 Å². The quantitative estimate of drug-likeness (QED) is 0.705. The van der Waals surface area contributed by atoms with Gasteiger partial charge in [0.25, 0.3) is 0 Å². The summed E-state index contributed by atoms with van der Waals surface area (Å²) in [5.74, 6) is 1.08. The van der Waals surface area contributed by atoms with Crippen LogP contribution in [0.15, 0.2) is 0 Å². The summed E-state index contributed by atoms with van der Waals surface area (Å²) < 4.78 is 23.0. The van der Waals surface area contributed by atoms with E-state index >= 15 is 0 Å². The largest absolute Gasteiger partial charge is 0.229 e. The van der Waals surface area contributed by atoms with E-state index in [1.807, 2.05) is 0 Å². The zero-order valence-corrected chi connectivity index (χ0v) is 13.0. The van der Waals surface area contributed by atoms with Gasteiger partial charge in [-0.15, -0.1) is 0 Å². The summed E-state index contributed by atoms with van der Waals surface area (Å²) in [6.45, 7) is 2.16. The second-order valence-corrected chi connectivity index (χ2v) is 7.83. The van der Waals surface area contributed by atoms with E-state index in [9.17, 15) is 8.42 Å². The van der Waals surface area contributed by atoms with Crippen molar-refractivity contribution in [3.63, 3.8) is 0 Å². The maximum atomic E-state index is 11.5. The van der Waals surface area contributed by atoms with Crippen LogP contribution in [0.1, 0.15) is 26.2 Å². The van der Waals surface area contributed by atoms with Crippen LogP contribution in [0.5, 0.6) is 0 Å². The molecule has 0 bridgehead atoms. The van der Waals surface area contributed by atoms with Gasteiger partial charge in [0.2, 0.25) is 0 Å². The minimum absolute atomic E-state index is 0.123. The molecule has 0 aromatic rings. The van der Waals surface area contributed by atoms with Crippen molar-refractivity contribution >= 4 is 41.7 Å². The Morgan fingerprint density at radius 2 is 1.93 bits per heavy atom. The van der Waals surface area contributed by atoms with Crippen molar-refractivity contribution in [2.75, 3.05) is 22.2 Å². The second kappa shape index (κ2) is 5.50. The van der Waals surface area contributed by atoms with Gasteiger partial charge in [-0.2, -0.15) is 0 Å². The number of alkyl halides is 2. The molecule has 1 fully saturated rings. The first-order chi connectivity index (χ1) is 6.99. The fourth-order valence-electron chi connectivity index (χ4n) is 2.37. The molecule has 0 aromatic heterocycles. The number of sulfone groups is 1. The van der Waals surface area contributed by atoms with Gasteiger partial charge in [-0.05, 0) is 24.2 Å². The van der Waals surface area contributed by atoms with Gasteiger partial charge in [0, 0.05) is 10.7 Å². The first-order valence-electron chi connectivity index (χ1n) is 5.32. The molecule has 1 heterocycles. The molecule has 1 unspecified atom stereocenters. The predicted molar refractivity (Wildman–Crippen MR) is 71.7 cm³/mol. The minimum atomic E-state index is -2.76. The number of halogens is 2. The van der Waals surface area contributed by atoms with Gasteiger partial charge < -0.3 is 0 Å². The molecule has 0 aromatic carbocycles. The molecule has 0 amide bonds. The summed E-state index contributed by atoms with van der Waals surface area (Å²) >= 11 is 7.11. The van der Waals surface area contributed by atoms with Gasteiger partial charge >= 0.3 is 0 Å². The molecule has 0 N–H and O–H groups in total. The summed E-state index contributed by atoms with van der Waals surface area (Å²) in [4.78, 5) is 0. The van der Waals surface area contributed by atoms with Crippen LogP contribution in [0.3, 0.4) is 0 Å². The monoisotopic (exact) mass is 360 g/mol. The lowest BCUT2D eigenvalue weighted by atomic mass is 9.75. The SMILES string of the molecule is CCCC(CBr)(CBr)C1CCS(=O)(=O)C1. The normalized spacial score (nSPS) is 25.7. The van der Waals surface area contributed by atoms with Crippen molar-refractivity contribution in [1.82, 2.24) is 0 Å². The fourth-order valence-corrected chi connectivity index (χ4v) is 6.72. The van der Waals surface area contributed by atoms with Crippen molar-refractivity contribution in [3.05, 3.63) is 0 Å². The van der Waals surface area contributed by atoms with Gasteiger partial charge in [0.1, 0.15) is 0 Å². The maximum Gasteiger partial charge on any atom is 0.150 e. The third kappa shape index (κ3) is 3.19. The van der Waals surface area contributed by atoms with Crippen LogP contribution < -0.4 is 0 Å². The summed E-state index contributed by atoms with van der Waals surface area (Å²) in [5.41, 5.74) is 0.123. The van der Waals surface area contributed by atoms with E-state index in [4.69, 9.17) is 0 Å². The van der Waals surface area contributed by atoms with Gasteiger partial charge in [-0.3, -0.25) is 0 Å². The zero-order valence-electron chi connectivity index (χ0n) is 9.01. The Bertz CT molecular complexity index is 297. The van der Waals surface area contributed by atoms with Gasteiger partial charge in [-0.1, -0.05) is 45.2 Å². The van der Waals surface area contributed by atoms with E-state index in [0.717, 1.165) is 29.9 Å². The molecule has 90 valence electrons. The molecule has 0 radical (unpaired) electrons. The predicted octanol–water partition coefficient (Wildman–Crippen LogP) is 3.00. The Hall–Kier alpha value is 0.910. The molecular formula is C10H18Br2O2S. The number of hydrogen-bond donors (Lipinski definition) is 0. The van der Waals surface area contributed by atoms with Crippen LogP contribution in [0.2, 0.25) is 0 Å². The molecule has 1 saturated heterocycles. The topological polar surface area (TPSA) is 34.1 Å². The Morgan fingerprint density at radius 3 is 2.27 bits per heavy atom. The highest BCUT2D eigenvalue weighted by atomic mass is 79.9. The first-order valence-corrected chi connectivity index (χ1v) is 9.38. The molecule has 1 rings (SSSR count). The van der Waals surface area contributed by atoms with Crippen LogP contribution in [0, 0.1) is 11.3 Å². The third-order valence-corrected chi connectivity index (χ3v) is 7.38. The highest BCUT2D eigenvalue weighted by molar-refractivity contribution is 9.09. The molecule has 0 spiro atoms. The molecule has 1 aliphatic heterocycles. The van der Waals surface area contributed by atoms with Crippen LogP contribution >= 0.6 is 31.9 Å². The second-order valence-electron chi connectivity index (χ2n) is 4.48. The van der Waals surface area contributed by atoms with E-state index in [1.165, 1.54) is 0 Å². The molecule has 15 heavy (non-hydrogen) atoms. The van der Waals surface area contributed by atoms with Crippen LogP contribution in [-0.4, -0.2) is 30.6 Å². The van der Waals surface area contributed by atoms with E-state index in [2.05, 4.69) is 38.8 Å². The van der Waals surface area contributed by atoms with Gasteiger partial charge in [-0.25, -0.2) is 8.42 Å². The molecule has 2 nitrogen and oxygen atoms in total. The highest BCUT2D eigenvalue weighted by Crippen LogP contribution is 2.42.